The van der Waals surface area contributed by atoms with Gasteiger partial charge in [0.2, 0.25) is 5.91 Å². The van der Waals surface area contributed by atoms with Crippen molar-refractivity contribution in [2.75, 3.05) is 40.4 Å². The minimum Gasteiger partial charge on any atom is -0.383 e. The van der Waals surface area contributed by atoms with E-state index in [0.29, 0.717) is 19.7 Å². The number of rotatable bonds is 10. The fourth-order valence-corrected chi connectivity index (χ4v) is 1.95. The number of likely N-dealkylation sites (N-methyl/N-ethyl adjacent to an activating group) is 1. The van der Waals surface area contributed by atoms with Crippen LogP contribution in [-0.2, 0) is 16.0 Å². The van der Waals surface area contributed by atoms with E-state index in [2.05, 4.69) is 29.6 Å². The van der Waals surface area contributed by atoms with Gasteiger partial charge in [-0.25, -0.2) is 0 Å². The summed E-state index contributed by atoms with van der Waals surface area (Å²) in [6.45, 7) is 2.55. The molecule has 0 spiro atoms. The Balaban J connectivity index is 2.07. The van der Waals surface area contributed by atoms with E-state index in [-0.39, 0.29) is 5.91 Å². The van der Waals surface area contributed by atoms with Gasteiger partial charge >= 0.3 is 0 Å². The molecule has 0 fully saturated rings. The molecule has 1 aromatic rings. The van der Waals surface area contributed by atoms with E-state index in [1.807, 2.05) is 13.1 Å². The Kier molecular flexibility index (Phi) is 8.67. The second-order valence-corrected chi connectivity index (χ2v) is 4.93. The van der Waals surface area contributed by atoms with Crippen LogP contribution in [0.4, 0.5) is 0 Å². The molecule has 0 atom stereocenters. The Hall–Kier alpha value is -1.39. The van der Waals surface area contributed by atoms with Crippen LogP contribution in [0.5, 0.6) is 0 Å². The van der Waals surface area contributed by atoms with Crippen molar-refractivity contribution in [3.8, 4) is 0 Å². The largest absolute Gasteiger partial charge is 0.383 e. The normalized spacial score (nSPS) is 10.5. The lowest BCUT2D eigenvalue weighted by molar-refractivity contribution is -0.129. The number of carbonyl (C=O) groups excluding carboxylic acids is 1. The maximum absolute atomic E-state index is 11.8. The van der Waals surface area contributed by atoms with Crippen molar-refractivity contribution in [1.29, 1.82) is 0 Å². The first-order chi connectivity index (χ1) is 9.74. The zero-order chi connectivity index (χ0) is 14.6. The molecule has 1 aromatic carbocycles. The van der Waals surface area contributed by atoms with Gasteiger partial charge in [-0.05, 0) is 24.8 Å². The Bertz CT molecular complexity index is 368. The van der Waals surface area contributed by atoms with Crippen LogP contribution in [0.2, 0.25) is 0 Å². The Morgan fingerprint density at radius 2 is 2.00 bits per heavy atom. The van der Waals surface area contributed by atoms with Crippen LogP contribution in [0, 0.1) is 0 Å². The topological polar surface area (TPSA) is 41.6 Å². The third kappa shape index (κ3) is 7.26. The highest BCUT2D eigenvalue weighted by Gasteiger charge is 2.07. The van der Waals surface area contributed by atoms with Crippen LogP contribution in [0.15, 0.2) is 30.3 Å². The number of methoxy groups -OCH3 is 1. The summed E-state index contributed by atoms with van der Waals surface area (Å²) in [6.07, 6.45) is 3.23. The lowest BCUT2D eigenvalue weighted by Gasteiger charge is -2.17. The molecule has 0 radical (unpaired) electrons. The number of ether oxygens (including phenoxy) is 1. The first-order valence-electron chi connectivity index (χ1n) is 7.21. The van der Waals surface area contributed by atoms with E-state index in [9.17, 15) is 4.79 Å². The fraction of sp³-hybridized carbons (Fsp3) is 0.562. The molecule has 4 heteroatoms. The van der Waals surface area contributed by atoms with E-state index in [4.69, 9.17) is 4.74 Å². The molecule has 4 nitrogen and oxygen atoms in total. The minimum absolute atomic E-state index is 0.140. The van der Waals surface area contributed by atoms with Gasteiger partial charge in [0.1, 0.15) is 0 Å². The summed E-state index contributed by atoms with van der Waals surface area (Å²) in [5.74, 6) is 0.140. The van der Waals surface area contributed by atoms with E-state index in [0.717, 1.165) is 25.8 Å². The van der Waals surface area contributed by atoms with Gasteiger partial charge in [-0.15, -0.1) is 0 Å². The molecule has 0 bridgehead atoms. The molecule has 112 valence electrons. The van der Waals surface area contributed by atoms with Gasteiger partial charge in [0.05, 0.1) is 13.2 Å². The van der Waals surface area contributed by atoms with Gasteiger partial charge < -0.3 is 15.0 Å². The number of nitrogens with one attached hydrogen (secondary N) is 1. The van der Waals surface area contributed by atoms with E-state index in [1.54, 1.807) is 12.0 Å². The van der Waals surface area contributed by atoms with Crippen LogP contribution in [0.25, 0.3) is 0 Å². The Morgan fingerprint density at radius 3 is 2.70 bits per heavy atom. The highest BCUT2D eigenvalue weighted by atomic mass is 16.5. The zero-order valence-electron chi connectivity index (χ0n) is 12.6. The van der Waals surface area contributed by atoms with Crippen molar-refractivity contribution >= 4 is 5.91 Å². The first-order valence-corrected chi connectivity index (χ1v) is 7.21. The fourth-order valence-electron chi connectivity index (χ4n) is 1.95. The monoisotopic (exact) mass is 278 g/mol. The second kappa shape index (κ2) is 10.4. The predicted molar refractivity (Wildman–Crippen MR) is 81.8 cm³/mol. The maximum atomic E-state index is 11.8. The summed E-state index contributed by atoms with van der Waals surface area (Å²) in [7, 11) is 3.52. The molecule has 0 saturated heterocycles. The number of amides is 1. The molecule has 1 amide bonds. The van der Waals surface area contributed by atoms with Crippen LogP contribution in [0.1, 0.15) is 18.4 Å². The van der Waals surface area contributed by atoms with E-state index in [1.165, 1.54) is 5.56 Å². The van der Waals surface area contributed by atoms with Crippen molar-refractivity contribution in [2.24, 2.45) is 0 Å². The third-order valence-electron chi connectivity index (χ3n) is 3.24. The number of hydrogen-bond acceptors (Lipinski definition) is 3. The number of benzene rings is 1. The van der Waals surface area contributed by atoms with Gasteiger partial charge in [-0.1, -0.05) is 30.3 Å². The third-order valence-corrected chi connectivity index (χ3v) is 3.24. The van der Waals surface area contributed by atoms with Gasteiger partial charge in [0.25, 0.3) is 0 Å². The van der Waals surface area contributed by atoms with Crippen molar-refractivity contribution in [3.05, 3.63) is 35.9 Å². The molecule has 1 N–H and O–H groups in total. The van der Waals surface area contributed by atoms with Crippen molar-refractivity contribution in [3.63, 3.8) is 0 Å². The summed E-state index contributed by atoms with van der Waals surface area (Å²) in [5.41, 5.74) is 1.36. The van der Waals surface area contributed by atoms with Crippen molar-refractivity contribution in [2.45, 2.75) is 19.3 Å². The molecule has 0 heterocycles. The second-order valence-electron chi connectivity index (χ2n) is 4.93. The standard InChI is InChI=1S/C16H26N2O2/c1-18(16(19)14-17-11-13-20-2)12-7-6-10-15-8-4-3-5-9-15/h3-5,8-9,17H,6-7,10-14H2,1-2H3. The number of carbonyl (C=O) groups is 1. The summed E-state index contributed by atoms with van der Waals surface area (Å²) in [5, 5.41) is 3.07. The number of aryl methyl sites for hydroxylation is 1. The molecule has 0 saturated carbocycles. The highest BCUT2D eigenvalue weighted by molar-refractivity contribution is 5.77. The van der Waals surface area contributed by atoms with E-state index < -0.39 is 0 Å². The average molecular weight is 278 g/mol. The molecule has 1 rings (SSSR count). The van der Waals surface area contributed by atoms with Crippen LogP contribution in [-0.4, -0.2) is 51.2 Å². The summed E-state index contributed by atoms with van der Waals surface area (Å²) in [4.78, 5) is 13.6. The number of hydrogen-bond donors (Lipinski definition) is 1. The summed E-state index contributed by atoms with van der Waals surface area (Å²) in [6, 6.07) is 10.5. The summed E-state index contributed by atoms with van der Waals surface area (Å²) < 4.78 is 4.92. The van der Waals surface area contributed by atoms with Gasteiger partial charge in [-0.3, -0.25) is 4.79 Å². The Labute approximate surface area is 122 Å². The van der Waals surface area contributed by atoms with Crippen LogP contribution in [0.3, 0.4) is 0 Å². The molecule has 0 aliphatic heterocycles. The molecule has 20 heavy (non-hydrogen) atoms. The zero-order valence-corrected chi connectivity index (χ0v) is 12.6. The van der Waals surface area contributed by atoms with E-state index >= 15 is 0 Å². The molecular formula is C16H26N2O2. The van der Waals surface area contributed by atoms with Crippen LogP contribution < -0.4 is 5.32 Å². The number of unbranched alkanes of at least 4 members (excludes halogenated alkanes) is 1. The first kappa shape index (κ1) is 16.7. The highest BCUT2D eigenvalue weighted by Crippen LogP contribution is 2.04. The lowest BCUT2D eigenvalue weighted by Crippen LogP contribution is -2.37. The SMILES string of the molecule is COCCNCC(=O)N(C)CCCCc1ccccc1. The minimum atomic E-state index is 0.140. The van der Waals surface area contributed by atoms with Gasteiger partial charge in [0.15, 0.2) is 0 Å². The van der Waals surface area contributed by atoms with Crippen molar-refractivity contribution < 1.29 is 9.53 Å². The molecule has 0 aliphatic carbocycles. The molecule has 0 aromatic heterocycles. The molecule has 0 unspecified atom stereocenters. The molecule has 0 aliphatic rings. The van der Waals surface area contributed by atoms with Crippen molar-refractivity contribution in [1.82, 2.24) is 10.2 Å². The maximum Gasteiger partial charge on any atom is 0.236 e. The summed E-state index contributed by atoms with van der Waals surface area (Å²) >= 11 is 0. The Morgan fingerprint density at radius 1 is 1.25 bits per heavy atom. The number of nitrogens with zero attached hydrogens (tertiary/aromatic N) is 1. The van der Waals surface area contributed by atoms with Crippen LogP contribution >= 0.6 is 0 Å². The average Bonchev–Trinajstić information content (AvgIpc) is 2.48. The smallest absolute Gasteiger partial charge is 0.236 e. The lowest BCUT2D eigenvalue weighted by atomic mass is 10.1. The quantitative estimate of drug-likeness (QED) is 0.662. The van der Waals surface area contributed by atoms with Gasteiger partial charge in [-0.2, -0.15) is 0 Å². The van der Waals surface area contributed by atoms with Gasteiger partial charge in [0, 0.05) is 27.2 Å². The molecular weight excluding hydrogens is 252 g/mol. The predicted octanol–water partition coefficient (Wildman–Crippen LogP) is 1.70.